The van der Waals surface area contributed by atoms with Crippen molar-refractivity contribution in [3.63, 3.8) is 0 Å². The lowest BCUT2D eigenvalue weighted by Crippen LogP contribution is -1.92. The molecule has 15 heavy (non-hydrogen) atoms. The maximum absolute atomic E-state index is 12.7. The van der Waals surface area contributed by atoms with Crippen molar-refractivity contribution >= 4 is 46.7 Å². The van der Waals surface area contributed by atoms with Gasteiger partial charge in [0.25, 0.3) is 15.1 Å². The molecule has 0 saturated carbocycles. The zero-order chi connectivity index (χ0) is 11.2. The highest BCUT2D eigenvalue weighted by Crippen LogP contribution is 2.28. The van der Waals surface area contributed by atoms with Crippen LogP contribution >= 0.6 is 26.6 Å². The average molecular weight is 314 g/mol. The molecule has 0 amide bonds. The summed E-state index contributed by atoms with van der Waals surface area (Å²) in [7, 11) is 1.32. The summed E-state index contributed by atoms with van der Waals surface area (Å²) in [4.78, 5) is 5.66. The Morgan fingerprint density at radius 3 is 2.73 bits per heavy atom. The molecule has 0 aliphatic carbocycles. The highest BCUT2D eigenvalue weighted by atomic mass is 79.9. The molecule has 0 fully saturated rings. The van der Waals surface area contributed by atoms with Crippen LogP contribution in [0.1, 0.15) is 0 Å². The number of fused-ring (bicyclic) bond motifs is 1. The van der Waals surface area contributed by atoms with Gasteiger partial charge in [-0.05, 0) is 28.1 Å². The van der Waals surface area contributed by atoms with Crippen LogP contribution in [0.15, 0.2) is 21.5 Å². The van der Waals surface area contributed by atoms with Crippen molar-refractivity contribution in [2.24, 2.45) is 0 Å². The molecule has 0 aliphatic heterocycles. The van der Waals surface area contributed by atoms with E-state index in [2.05, 4.69) is 25.9 Å². The molecule has 0 saturated heterocycles. The van der Waals surface area contributed by atoms with E-state index in [0.717, 1.165) is 0 Å². The van der Waals surface area contributed by atoms with Gasteiger partial charge in [-0.25, -0.2) is 13.4 Å². The topological polar surface area (TPSA) is 62.8 Å². The predicted octanol–water partition coefficient (Wildman–Crippen LogP) is 2.39. The summed E-state index contributed by atoms with van der Waals surface area (Å²) < 4.78 is 35.2. The van der Waals surface area contributed by atoms with Gasteiger partial charge in [-0.3, -0.25) is 0 Å². The summed E-state index contributed by atoms with van der Waals surface area (Å²) in [6.45, 7) is 0. The minimum Gasteiger partial charge on any atom is -0.314 e. The van der Waals surface area contributed by atoms with Gasteiger partial charge >= 0.3 is 0 Å². The molecule has 80 valence electrons. The molecule has 8 heteroatoms. The molecular weight excluding hydrogens is 311 g/mol. The Kier molecular flexibility index (Phi) is 2.48. The Hall–Kier alpha value is -0.660. The first-order valence-electron chi connectivity index (χ1n) is 3.67. The lowest BCUT2D eigenvalue weighted by molar-refractivity contribution is 0.556. The number of hydrogen-bond donors (Lipinski definition) is 1. The lowest BCUT2D eigenvalue weighted by atomic mass is 10.3. The number of H-pyrrole nitrogens is 1. The minimum atomic E-state index is -3.86. The number of benzene rings is 1. The van der Waals surface area contributed by atoms with E-state index in [1.807, 2.05) is 0 Å². The highest BCUT2D eigenvalue weighted by Gasteiger charge is 2.16. The van der Waals surface area contributed by atoms with E-state index in [4.69, 9.17) is 10.7 Å². The molecule has 0 aliphatic rings. The smallest absolute Gasteiger partial charge is 0.287 e. The fourth-order valence-corrected chi connectivity index (χ4v) is 3.35. The summed E-state index contributed by atoms with van der Waals surface area (Å²) in [5.41, 5.74) is 0.596. The number of hydrogen-bond acceptors (Lipinski definition) is 3. The van der Waals surface area contributed by atoms with E-state index in [9.17, 15) is 12.8 Å². The van der Waals surface area contributed by atoms with Crippen LogP contribution in [0.2, 0.25) is 0 Å². The Balaban J connectivity index is 2.83. The molecule has 1 N–H and O–H groups in total. The summed E-state index contributed by atoms with van der Waals surface area (Å²) >= 11 is 3.02. The molecule has 1 aromatic carbocycles. The summed E-state index contributed by atoms with van der Waals surface area (Å²) in [5.74, 6) is 0. The number of imidazole rings is 1. The van der Waals surface area contributed by atoms with Crippen molar-refractivity contribution in [3.05, 3.63) is 22.7 Å². The number of halogens is 3. The van der Waals surface area contributed by atoms with Crippen molar-refractivity contribution in [3.8, 4) is 0 Å². The van der Waals surface area contributed by atoms with Crippen LogP contribution in [0.4, 0.5) is 4.39 Å². The first-order chi connectivity index (χ1) is 6.88. The third-order valence-electron chi connectivity index (χ3n) is 1.77. The summed E-state index contributed by atoms with van der Waals surface area (Å²) in [6, 6.07) is 2.60. The molecule has 0 spiro atoms. The van der Waals surface area contributed by atoms with Crippen LogP contribution in [0.25, 0.3) is 11.0 Å². The molecule has 4 nitrogen and oxygen atoms in total. The molecule has 0 radical (unpaired) electrons. The van der Waals surface area contributed by atoms with Gasteiger partial charge in [0, 0.05) is 15.2 Å². The first kappa shape index (κ1) is 10.8. The largest absolute Gasteiger partial charge is 0.314 e. The van der Waals surface area contributed by atoms with E-state index in [0.29, 0.717) is 5.52 Å². The monoisotopic (exact) mass is 312 g/mol. The normalized spacial score (nSPS) is 12.2. The van der Waals surface area contributed by atoms with Gasteiger partial charge in [0.05, 0.1) is 15.9 Å². The van der Waals surface area contributed by atoms with Crippen molar-refractivity contribution < 1.29 is 12.8 Å². The second-order valence-corrected chi connectivity index (χ2v) is 6.15. The van der Waals surface area contributed by atoms with E-state index in [1.54, 1.807) is 0 Å². The zero-order valence-electron chi connectivity index (χ0n) is 6.96. The van der Waals surface area contributed by atoms with Crippen LogP contribution < -0.4 is 0 Å². The van der Waals surface area contributed by atoms with Gasteiger partial charge in [-0.1, -0.05) is 0 Å². The first-order valence-corrected chi connectivity index (χ1v) is 6.77. The zero-order valence-corrected chi connectivity index (χ0v) is 10.1. The minimum absolute atomic E-state index is 0.125. The maximum atomic E-state index is 12.7. The van der Waals surface area contributed by atoms with Gasteiger partial charge in [-0.15, -0.1) is 0 Å². The standard InChI is InChI=1S/C7H3BrClFN2O2S/c8-3-1-4-5(12-7(10)11-4)2-6(3)15(9,13)14/h1-2H,(H,11,12). The average Bonchev–Trinajstić information content (AvgIpc) is 2.40. The third-order valence-corrected chi connectivity index (χ3v) is 4.05. The van der Waals surface area contributed by atoms with Gasteiger partial charge in [0.15, 0.2) is 0 Å². The Morgan fingerprint density at radius 1 is 1.47 bits per heavy atom. The maximum Gasteiger partial charge on any atom is 0.287 e. The molecule has 0 bridgehead atoms. The van der Waals surface area contributed by atoms with Crippen molar-refractivity contribution in [2.75, 3.05) is 0 Å². The Bertz CT molecular complexity index is 640. The number of rotatable bonds is 1. The van der Waals surface area contributed by atoms with Gasteiger partial charge < -0.3 is 4.98 Å². The van der Waals surface area contributed by atoms with Gasteiger partial charge in [0.1, 0.15) is 0 Å². The Labute approximate surface area is 97.0 Å². The van der Waals surface area contributed by atoms with Gasteiger partial charge in [-0.2, -0.15) is 4.39 Å². The summed E-state index contributed by atoms with van der Waals surface area (Å²) in [5, 5.41) is 0. The van der Waals surface area contributed by atoms with Crippen LogP contribution in [0.5, 0.6) is 0 Å². The number of aromatic nitrogens is 2. The molecule has 1 aromatic heterocycles. The molecule has 2 aromatic rings. The SMILES string of the molecule is O=S(=O)(Cl)c1cc2[nH]c(F)nc2cc1Br. The van der Waals surface area contributed by atoms with Crippen LogP contribution in [0, 0.1) is 6.08 Å². The second kappa shape index (κ2) is 3.43. The van der Waals surface area contributed by atoms with E-state index in [-0.39, 0.29) is 14.9 Å². The predicted molar refractivity (Wildman–Crippen MR) is 56.8 cm³/mol. The lowest BCUT2D eigenvalue weighted by Gasteiger charge is -1.99. The number of nitrogens with zero attached hydrogens (tertiary/aromatic N) is 1. The van der Waals surface area contributed by atoms with E-state index < -0.39 is 15.1 Å². The molecule has 2 rings (SSSR count). The molecular formula is C7H3BrClFN2O2S. The quantitative estimate of drug-likeness (QED) is 0.822. The molecule has 0 unspecified atom stereocenters. The third kappa shape index (κ3) is 1.99. The number of nitrogens with one attached hydrogen (secondary N) is 1. The van der Waals surface area contributed by atoms with E-state index in [1.165, 1.54) is 12.1 Å². The van der Waals surface area contributed by atoms with E-state index >= 15 is 0 Å². The molecule has 0 atom stereocenters. The summed E-state index contributed by atoms with van der Waals surface area (Å²) in [6.07, 6.45) is -0.777. The second-order valence-electron chi connectivity index (χ2n) is 2.77. The van der Waals surface area contributed by atoms with Crippen molar-refractivity contribution in [1.82, 2.24) is 9.97 Å². The van der Waals surface area contributed by atoms with Crippen LogP contribution in [-0.4, -0.2) is 18.4 Å². The fraction of sp³-hybridized carbons (Fsp3) is 0. The fourth-order valence-electron chi connectivity index (χ4n) is 1.17. The Morgan fingerprint density at radius 2 is 2.13 bits per heavy atom. The highest BCUT2D eigenvalue weighted by molar-refractivity contribution is 9.10. The van der Waals surface area contributed by atoms with Gasteiger partial charge in [0.2, 0.25) is 0 Å². The van der Waals surface area contributed by atoms with Crippen molar-refractivity contribution in [2.45, 2.75) is 4.90 Å². The molecule has 1 heterocycles. The van der Waals surface area contributed by atoms with Crippen LogP contribution in [0.3, 0.4) is 0 Å². The number of aromatic amines is 1. The van der Waals surface area contributed by atoms with Crippen LogP contribution in [-0.2, 0) is 9.05 Å². The van der Waals surface area contributed by atoms with Crippen molar-refractivity contribution in [1.29, 1.82) is 0 Å².